The summed E-state index contributed by atoms with van der Waals surface area (Å²) in [5.74, 6) is 0.676. The van der Waals surface area contributed by atoms with Crippen LogP contribution in [0.1, 0.15) is 6.92 Å². The second-order valence-corrected chi connectivity index (χ2v) is 5.44. The number of nitrogens with one attached hydrogen (secondary N) is 1. The highest BCUT2D eigenvalue weighted by atomic mass is 79.9. The Kier molecular flexibility index (Phi) is 4.36. The number of nitrogens with zero attached hydrogens (tertiary/aromatic N) is 3. The topological polar surface area (TPSA) is 70.9 Å². The van der Waals surface area contributed by atoms with Crippen LogP contribution in [-0.4, -0.2) is 39.0 Å². The van der Waals surface area contributed by atoms with Crippen molar-refractivity contribution in [2.45, 2.75) is 18.1 Å². The smallest absolute Gasteiger partial charge is 0.189 e. The van der Waals surface area contributed by atoms with Crippen molar-refractivity contribution in [3.05, 3.63) is 16.7 Å². The fourth-order valence-electron chi connectivity index (χ4n) is 1.40. The van der Waals surface area contributed by atoms with Gasteiger partial charge in [0.1, 0.15) is 5.82 Å². The van der Waals surface area contributed by atoms with Crippen LogP contribution in [0.5, 0.6) is 0 Å². The van der Waals surface area contributed by atoms with Crippen molar-refractivity contribution < 1.29 is 5.11 Å². The van der Waals surface area contributed by atoms with Gasteiger partial charge >= 0.3 is 0 Å². The monoisotopic (exact) mass is 328 g/mol. The molecule has 0 bridgehead atoms. The van der Waals surface area contributed by atoms with Crippen LogP contribution < -0.4 is 5.32 Å². The average molecular weight is 329 g/mol. The molecule has 1 atom stereocenters. The molecule has 7 heteroatoms. The van der Waals surface area contributed by atoms with Crippen molar-refractivity contribution in [3.8, 4) is 0 Å². The number of fused-ring (bicyclic) bond motifs is 1. The molecular weight excluding hydrogens is 316 g/mol. The first-order chi connectivity index (χ1) is 8.63. The Morgan fingerprint density at radius 1 is 1.50 bits per heavy atom. The van der Waals surface area contributed by atoms with Crippen LogP contribution in [0.15, 0.2) is 21.9 Å². The fourth-order valence-corrected chi connectivity index (χ4v) is 2.19. The van der Waals surface area contributed by atoms with Crippen LogP contribution in [0.25, 0.3) is 11.0 Å². The van der Waals surface area contributed by atoms with Crippen LogP contribution in [0.2, 0.25) is 0 Å². The number of aliphatic hydroxyl groups is 1. The molecule has 2 aromatic heterocycles. The third-order valence-electron chi connectivity index (χ3n) is 2.34. The molecule has 0 unspecified atom stereocenters. The van der Waals surface area contributed by atoms with E-state index in [0.29, 0.717) is 16.6 Å². The third-order valence-corrected chi connectivity index (χ3v) is 3.51. The van der Waals surface area contributed by atoms with Gasteiger partial charge in [-0.25, -0.2) is 15.0 Å². The van der Waals surface area contributed by atoms with Crippen LogP contribution in [0.4, 0.5) is 5.82 Å². The van der Waals surface area contributed by atoms with Crippen LogP contribution in [0, 0.1) is 0 Å². The van der Waals surface area contributed by atoms with Gasteiger partial charge in [-0.05, 0) is 35.2 Å². The van der Waals surface area contributed by atoms with Gasteiger partial charge in [0, 0.05) is 17.6 Å². The number of halogens is 1. The van der Waals surface area contributed by atoms with Gasteiger partial charge in [0.2, 0.25) is 0 Å². The minimum Gasteiger partial charge on any atom is -0.394 e. The Balaban J connectivity index is 2.44. The van der Waals surface area contributed by atoms with Crippen molar-refractivity contribution >= 4 is 44.5 Å². The van der Waals surface area contributed by atoms with Crippen molar-refractivity contribution in [1.29, 1.82) is 0 Å². The summed E-state index contributed by atoms with van der Waals surface area (Å²) in [4.78, 5) is 13.0. The van der Waals surface area contributed by atoms with E-state index in [1.807, 2.05) is 19.2 Å². The summed E-state index contributed by atoms with van der Waals surface area (Å²) in [5.41, 5.74) is 0.644. The molecule has 0 saturated heterocycles. The van der Waals surface area contributed by atoms with Gasteiger partial charge in [0.15, 0.2) is 10.8 Å². The van der Waals surface area contributed by atoms with E-state index in [9.17, 15) is 0 Å². The first-order valence-corrected chi connectivity index (χ1v) is 7.40. The summed E-state index contributed by atoms with van der Waals surface area (Å²) >= 11 is 4.92. The van der Waals surface area contributed by atoms with Crippen molar-refractivity contribution in [2.75, 3.05) is 18.2 Å². The number of hydrogen-bond acceptors (Lipinski definition) is 6. The molecule has 0 aliphatic rings. The van der Waals surface area contributed by atoms with Gasteiger partial charge < -0.3 is 10.4 Å². The maximum atomic E-state index is 9.05. The number of aromatic nitrogens is 3. The normalized spacial score (nSPS) is 12.7. The molecule has 2 N–H and O–H groups in total. The first kappa shape index (κ1) is 13.5. The summed E-state index contributed by atoms with van der Waals surface area (Å²) in [6.45, 7) is 1.93. The zero-order valence-corrected chi connectivity index (χ0v) is 12.4. The molecule has 0 aromatic carbocycles. The van der Waals surface area contributed by atoms with Gasteiger partial charge in [-0.3, -0.25) is 0 Å². The predicted molar refractivity (Wildman–Crippen MR) is 77.0 cm³/mol. The third kappa shape index (κ3) is 2.90. The van der Waals surface area contributed by atoms with E-state index < -0.39 is 0 Å². The SMILES string of the molecule is CSc1ncc2cc(Br)c(N[C@@H](C)CO)nc2n1. The molecule has 0 radical (unpaired) electrons. The van der Waals surface area contributed by atoms with E-state index in [0.717, 1.165) is 9.86 Å². The maximum absolute atomic E-state index is 9.05. The lowest BCUT2D eigenvalue weighted by atomic mass is 10.3. The predicted octanol–water partition coefficient (Wildman–Crippen LogP) is 2.30. The minimum absolute atomic E-state index is 0.0476. The van der Waals surface area contributed by atoms with Crippen LogP contribution >= 0.6 is 27.7 Å². The first-order valence-electron chi connectivity index (χ1n) is 5.38. The molecule has 0 amide bonds. The number of hydrogen-bond donors (Lipinski definition) is 2. The van der Waals surface area contributed by atoms with E-state index in [4.69, 9.17) is 5.11 Å². The second-order valence-electron chi connectivity index (χ2n) is 3.82. The van der Waals surface area contributed by atoms with E-state index >= 15 is 0 Å². The van der Waals surface area contributed by atoms with Crippen molar-refractivity contribution in [3.63, 3.8) is 0 Å². The molecule has 2 heterocycles. The van der Waals surface area contributed by atoms with Crippen LogP contribution in [0.3, 0.4) is 0 Å². The molecule has 18 heavy (non-hydrogen) atoms. The number of thioether (sulfide) groups is 1. The quantitative estimate of drug-likeness (QED) is 0.663. The largest absolute Gasteiger partial charge is 0.394 e. The lowest BCUT2D eigenvalue weighted by molar-refractivity contribution is 0.281. The molecule has 0 aliphatic heterocycles. The molecule has 0 spiro atoms. The average Bonchev–Trinajstić information content (AvgIpc) is 2.39. The summed E-state index contributed by atoms with van der Waals surface area (Å²) < 4.78 is 0.829. The Morgan fingerprint density at radius 2 is 2.28 bits per heavy atom. The molecule has 2 aromatic rings. The van der Waals surface area contributed by atoms with E-state index in [-0.39, 0.29) is 12.6 Å². The van der Waals surface area contributed by atoms with E-state index in [1.54, 1.807) is 6.20 Å². The lowest BCUT2D eigenvalue weighted by Gasteiger charge is -2.13. The number of pyridine rings is 1. The lowest BCUT2D eigenvalue weighted by Crippen LogP contribution is -2.20. The standard InChI is InChI=1S/C11H13BrN4OS/c1-6(5-17)14-10-8(12)3-7-4-13-11(18-2)16-9(7)15-10/h3-4,6,17H,5H2,1-2H3,(H,13,14,15,16)/t6-/m0/s1. The highest BCUT2D eigenvalue weighted by Gasteiger charge is 2.09. The molecule has 96 valence electrons. The molecule has 2 rings (SSSR count). The summed E-state index contributed by atoms with van der Waals surface area (Å²) in [5, 5.41) is 13.7. The summed E-state index contributed by atoms with van der Waals surface area (Å²) in [6.07, 6.45) is 3.68. The Morgan fingerprint density at radius 3 is 2.94 bits per heavy atom. The Hall–Kier alpha value is -0.920. The highest BCUT2D eigenvalue weighted by Crippen LogP contribution is 2.25. The zero-order chi connectivity index (χ0) is 13.1. The number of anilines is 1. The van der Waals surface area contributed by atoms with E-state index in [2.05, 4.69) is 36.2 Å². The zero-order valence-electron chi connectivity index (χ0n) is 10.0. The van der Waals surface area contributed by atoms with Crippen molar-refractivity contribution in [1.82, 2.24) is 15.0 Å². The molecule has 0 saturated carbocycles. The number of rotatable bonds is 4. The van der Waals surface area contributed by atoms with Gasteiger partial charge in [-0.15, -0.1) is 0 Å². The van der Waals surface area contributed by atoms with Crippen molar-refractivity contribution in [2.24, 2.45) is 0 Å². The van der Waals surface area contributed by atoms with Gasteiger partial charge in [0.25, 0.3) is 0 Å². The fraction of sp³-hybridized carbons (Fsp3) is 0.364. The van der Waals surface area contributed by atoms with Gasteiger partial charge in [-0.2, -0.15) is 0 Å². The molecule has 0 fully saturated rings. The van der Waals surface area contributed by atoms with Gasteiger partial charge in [-0.1, -0.05) is 11.8 Å². The van der Waals surface area contributed by atoms with Gasteiger partial charge in [0.05, 0.1) is 11.1 Å². The number of aliphatic hydroxyl groups excluding tert-OH is 1. The maximum Gasteiger partial charge on any atom is 0.189 e. The molecule has 0 aliphatic carbocycles. The van der Waals surface area contributed by atoms with Crippen LogP contribution in [-0.2, 0) is 0 Å². The molecule has 5 nitrogen and oxygen atoms in total. The van der Waals surface area contributed by atoms with E-state index in [1.165, 1.54) is 11.8 Å². The minimum atomic E-state index is -0.0619. The second kappa shape index (κ2) is 5.81. The Bertz CT molecular complexity index is 566. The summed E-state index contributed by atoms with van der Waals surface area (Å²) in [7, 11) is 0. The Labute approximate surface area is 118 Å². The highest BCUT2D eigenvalue weighted by molar-refractivity contribution is 9.10. The molecular formula is C11H13BrN4OS. The summed E-state index contributed by atoms with van der Waals surface area (Å²) in [6, 6.07) is 1.85.